The molecule has 0 saturated carbocycles. The van der Waals surface area contributed by atoms with Gasteiger partial charge in [-0.25, -0.2) is 13.2 Å². The SMILES string of the molecule is CCOC(=O)c1ccc(NC(=O)CN(c2cccc([N+](=O)[O-])c2)S(C)(=O)=O)c(C)c1. The fourth-order valence-corrected chi connectivity index (χ4v) is 3.48. The molecule has 0 bridgehead atoms. The molecule has 30 heavy (non-hydrogen) atoms. The molecule has 0 atom stereocenters. The van der Waals surface area contributed by atoms with Gasteiger partial charge in [0, 0.05) is 17.8 Å². The maximum Gasteiger partial charge on any atom is 0.338 e. The summed E-state index contributed by atoms with van der Waals surface area (Å²) in [5, 5.41) is 13.6. The van der Waals surface area contributed by atoms with Crippen LogP contribution in [0.3, 0.4) is 0 Å². The van der Waals surface area contributed by atoms with Gasteiger partial charge in [0.05, 0.1) is 29.0 Å². The van der Waals surface area contributed by atoms with Crippen molar-refractivity contribution >= 4 is 39.0 Å². The Hall–Kier alpha value is -3.47. The zero-order valence-electron chi connectivity index (χ0n) is 16.6. The smallest absolute Gasteiger partial charge is 0.338 e. The first kappa shape index (κ1) is 22.8. The number of nitrogens with zero attached hydrogens (tertiary/aromatic N) is 2. The number of carbonyl (C=O) groups excluding carboxylic acids is 2. The van der Waals surface area contributed by atoms with Crippen LogP contribution >= 0.6 is 0 Å². The van der Waals surface area contributed by atoms with Crippen LogP contribution in [-0.4, -0.2) is 44.6 Å². The monoisotopic (exact) mass is 435 g/mol. The molecule has 0 aliphatic carbocycles. The predicted octanol–water partition coefficient (Wildman–Crippen LogP) is 2.48. The molecule has 0 heterocycles. The summed E-state index contributed by atoms with van der Waals surface area (Å²) in [6.45, 7) is 3.01. The number of hydrogen-bond donors (Lipinski definition) is 1. The summed E-state index contributed by atoms with van der Waals surface area (Å²) in [5.74, 6) is -1.15. The Morgan fingerprint density at radius 3 is 2.47 bits per heavy atom. The second kappa shape index (κ2) is 9.35. The molecule has 1 amide bonds. The summed E-state index contributed by atoms with van der Waals surface area (Å²) < 4.78 is 30.0. The Morgan fingerprint density at radius 2 is 1.90 bits per heavy atom. The molecule has 2 rings (SSSR count). The molecule has 2 aromatic rings. The van der Waals surface area contributed by atoms with Gasteiger partial charge in [0.15, 0.2) is 0 Å². The molecule has 0 aliphatic rings. The molecule has 0 aliphatic heterocycles. The van der Waals surface area contributed by atoms with Crippen molar-refractivity contribution in [2.24, 2.45) is 0 Å². The quantitative estimate of drug-likeness (QED) is 0.382. The number of non-ortho nitro benzene ring substituents is 1. The fourth-order valence-electron chi connectivity index (χ4n) is 2.63. The molecule has 2 aromatic carbocycles. The van der Waals surface area contributed by atoms with E-state index in [2.05, 4.69) is 5.32 Å². The lowest BCUT2D eigenvalue weighted by Gasteiger charge is -2.22. The predicted molar refractivity (Wildman–Crippen MR) is 111 cm³/mol. The number of nitro groups is 1. The summed E-state index contributed by atoms with van der Waals surface area (Å²) >= 11 is 0. The Bertz CT molecular complexity index is 1080. The van der Waals surface area contributed by atoms with Gasteiger partial charge in [-0.15, -0.1) is 0 Å². The van der Waals surface area contributed by atoms with Gasteiger partial charge >= 0.3 is 5.97 Å². The van der Waals surface area contributed by atoms with E-state index in [1.807, 2.05) is 0 Å². The van der Waals surface area contributed by atoms with Crippen LogP contribution < -0.4 is 9.62 Å². The van der Waals surface area contributed by atoms with E-state index in [4.69, 9.17) is 4.74 Å². The van der Waals surface area contributed by atoms with Crippen LogP contribution in [0.15, 0.2) is 42.5 Å². The minimum absolute atomic E-state index is 0.00349. The third-order valence-electron chi connectivity index (χ3n) is 4.03. The molecule has 0 saturated heterocycles. The molecular formula is C19H21N3O7S. The van der Waals surface area contributed by atoms with Gasteiger partial charge in [0.1, 0.15) is 6.54 Å². The van der Waals surface area contributed by atoms with Crippen LogP contribution in [0.5, 0.6) is 0 Å². The minimum atomic E-state index is -3.89. The van der Waals surface area contributed by atoms with E-state index in [0.717, 1.165) is 16.6 Å². The largest absolute Gasteiger partial charge is 0.462 e. The maximum absolute atomic E-state index is 12.5. The van der Waals surface area contributed by atoms with E-state index in [9.17, 15) is 28.1 Å². The average molecular weight is 435 g/mol. The third kappa shape index (κ3) is 5.77. The average Bonchev–Trinajstić information content (AvgIpc) is 2.67. The molecule has 0 unspecified atom stereocenters. The van der Waals surface area contributed by atoms with Gasteiger partial charge in [-0.3, -0.25) is 19.2 Å². The van der Waals surface area contributed by atoms with E-state index in [1.165, 1.54) is 30.3 Å². The van der Waals surface area contributed by atoms with Gasteiger partial charge < -0.3 is 10.1 Å². The number of carbonyl (C=O) groups is 2. The normalized spacial score (nSPS) is 10.9. The first-order valence-corrected chi connectivity index (χ1v) is 10.7. The molecule has 11 heteroatoms. The van der Waals surface area contributed by atoms with Crippen LogP contribution in [0.2, 0.25) is 0 Å². The molecule has 0 aromatic heterocycles. The van der Waals surface area contributed by atoms with Crippen molar-refractivity contribution in [2.45, 2.75) is 13.8 Å². The van der Waals surface area contributed by atoms with Crippen molar-refractivity contribution in [3.8, 4) is 0 Å². The summed E-state index contributed by atoms with van der Waals surface area (Å²) in [5.41, 5.74) is 0.987. The Kier molecular flexibility index (Phi) is 7.11. The van der Waals surface area contributed by atoms with Crippen molar-refractivity contribution in [3.63, 3.8) is 0 Å². The zero-order valence-corrected chi connectivity index (χ0v) is 17.4. The summed E-state index contributed by atoms with van der Waals surface area (Å²) in [6.07, 6.45) is 0.901. The standard InChI is InChI=1S/C19H21N3O7S/c1-4-29-19(24)14-8-9-17(13(2)10-14)20-18(23)12-21(30(3,27)28)15-6-5-7-16(11-15)22(25)26/h5-11H,4,12H2,1-3H3,(H,20,23). The number of nitro benzene ring substituents is 1. The lowest BCUT2D eigenvalue weighted by molar-refractivity contribution is -0.384. The van der Waals surface area contributed by atoms with Crippen LogP contribution in [0.25, 0.3) is 0 Å². The molecule has 0 fully saturated rings. The molecule has 10 nitrogen and oxygen atoms in total. The highest BCUT2D eigenvalue weighted by molar-refractivity contribution is 7.92. The summed E-state index contributed by atoms with van der Waals surface area (Å²) in [7, 11) is -3.89. The first-order chi connectivity index (χ1) is 14.0. The highest BCUT2D eigenvalue weighted by Crippen LogP contribution is 2.23. The van der Waals surface area contributed by atoms with Gasteiger partial charge in [-0.05, 0) is 43.7 Å². The van der Waals surface area contributed by atoms with Gasteiger partial charge in [-0.2, -0.15) is 0 Å². The van der Waals surface area contributed by atoms with Crippen LogP contribution in [-0.2, 0) is 19.6 Å². The van der Waals surface area contributed by atoms with Crippen molar-refractivity contribution in [3.05, 3.63) is 63.7 Å². The molecule has 0 spiro atoms. The number of rotatable bonds is 8. The van der Waals surface area contributed by atoms with E-state index in [1.54, 1.807) is 19.9 Å². The van der Waals surface area contributed by atoms with Gasteiger partial charge in [-0.1, -0.05) is 6.07 Å². The number of esters is 1. The number of hydrogen-bond acceptors (Lipinski definition) is 7. The van der Waals surface area contributed by atoms with Crippen molar-refractivity contribution < 1.29 is 27.7 Å². The van der Waals surface area contributed by atoms with Crippen LogP contribution in [0.4, 0.5) is 17.1 Å². The topological polar surface area (TPSA) is 136 Å². The van der Waals surface area contributed by atoms with Crippen molar-refractivity contribution in [1.82, 2.24) is 0 Å². The minimum Gasteiger partial charge on any atom is -0.462 e. The highest BCUT2D eigenvalue weighted by atomic mass is 32.2. The second-order valence-electron chi connectivity index (χ2n) is 6.34. The van der Waals surface area contributed by atoms with Crippen molar-refractivity contribution in [1.29, 1.82) is 0 Å². The number of amides is 1. The zero-order chi connectivity index (χ0) is 22.5. The van der Waals surface area contributed by atoms with E-state index in [-0.39, 0.29) is 18.0 Å². The highest BCUT2D eigenvalue weighted by Gasteiger charge is 2.23. The van der Waals surface area contributed by atoms with E-state index >= 15 is 0 Å². The Labute approximate surface area is 173 Å². The summed E-state index contributed by atoms with van der Waals surface area (Å²) in [4.78, 5) is 34.6. The Morgan fingerprint density at radius 1 is 1.20 bits per heavy atom. The molecule has 0 radical (unpaired) electrons. The first-order valence-electron chi connectivity index (χ1n) is 8.82. The van der Waals surface area contributed by atoms with Crippen LogP contribution in [0.1, 0.15) is 22.8 Å². The number of sulfonamides is 1. The van der Waals surface area contributed by atoms with Gasteiger partial charge in [0.2, 0.25) is 15.9 Å². The Balaban J connectivity index is 2.22. The summed E-state index contributed by atoms with van der Waals surface area (Å²) in [6, 6.07) is 9.53. The fraction of sp³-hybridized carbons (Fsp3) is 0.263. The third-order valence-corrected chi connectivity index (χ3v) is 5.17. The van der Waals surface area contributed by atoms with E-state index < -0.39 is 33.4 Å². The number of ether oxygens (including phenoxy) is 1. The van der Waals surface area contributed by atoms with E-state index in [0.29, 0.717) is 16.8 Å². The number of benzene rings is 2. The molecular weight excluding hydrogens is 414 g/mol. The number of nitrogens with one attached hydrogen (secondary N) is 1. The molecule has 1 N–H and O–H groups in total. The maximum atomic E-state index is 12.5. The number of aryl methyl sites for hydroxylation is 1. The van der Waals surface area contributed by atoms with Crippen LogP contribution in [0, 0.1) is 17.0 Å². The second-order valence-corrected chi connectivity index (χ2v) is 8.25. The lowest BCUT2D eigenvalue weighted by atomic mass is 10.1. The molecule has 160 valence electrons. The van der Waals surface area contributed by atoms with Crippen molar-refractivity contribution in [2.75, 3.05) is 29.0 Å². The van der Waals surface area contributed by atoms with Gasteiger partial charge in [0.25, 0.3) is 5.69 Å². The number of anilines is 2. The lowest BCUT2D eigenvalue weighted by Crippen LogP contribution is -2.37.